The lowest BCUT2D eigenvalue weighted by molar-refractivity contribution is -0.0363. The van der Waals surface area contributed by atoms with Crippen LogP contribution in [0.4, 0.5) is 0 Å². The Morgan fingerprint density at radius 3 is 1.31 bits per heavy atom. The van der Waals surface area contributed by atoms with Gasteiger partial charge in [-0.1, -0.05) is 76.6 Å². The number of rotatable bonds is 14. The van der Waals surface area contributed by atoms with Gasteiger partial charge in [0.15, 0.2) is 0 Å². The van der Waals surface area contributed by atoms with E-state index in [4.69, 9.17) is 18.9 Å². The minimum atomic E-state index is -0.630. The maximum absolute atomic E-state index is 10.3. The van der Waals surface area contributed by atoms with Crippen LogP contribution in [-0.4, -0.2) is 61.1 Å². The number of aliphatic hydroxyl groups is 2. The van der Waals surface area contributed by atoms with Gasteiger partial charge in [-0.2, -0.15) is 0 Å². The Morgan fingerprint density at radius 1 is 0.590 bits per heavy atom. The van der Waals surface area contributed by atoms with Gasteiger partial charge < -0.3 is 29.2 Å². The first kappa shape index (κ1) is 29.9. The van der Waals surface area contributed by atoms with Crippen LogP contribution in [0.3, 0.4) is 0 Å². The second kappa shape index (κ2) is 15.0. The molecule has 0 radical (unpaired) electrons. The van der Waals surface area contributed by atoms with Crippen LogP contribution in [0.25, 0.3) is 0 Å². The molecule has 2 N–H and O–H groups in total. The van der Waals surface area contributed by atoms with Gasteiger partial charge in [0.1, 0.15) is 36.9 Å². The second-order valence-corrected chi connectivity index (χ2v) is 11.8. The minimum Gasteiger partial charge on any atom is -0.491 e. The van der Waals surface area contributed by atoms with Crippen LogP contribution in [0.2, 0.25) is 0 Å². The van der Waals surface area contributed by atoms with E-state index in [9.17, 15) is 10.2 Å². The summed E-state index contributed by atoms with van der Waals surface area (Å²) in [6.45, 7) is 5.47. The summed E-state index contributed by atoms with van der Waals surface area (Å²) in [5.74, 6) is 1.47. The van der Waals surface area contributed by atoms with E-state index in [2.05, 4.69) is 38.1 Å². The second-order valence-electron chi connectivity index (χ2n) is 11.8. The van der Waals surface area contributed by atoms with Crippen molar-refractivity contribution in [3.05, 3.63) is 59.7 Å². The van der Waals surface area contributed by atoms with Gasteiger partial charge in [-0.05, 0) is 61.1 Å². The lowest BCUT2D eigenvalue weighted by Gasteiger charge is -2.27. The van der Waals surface area contributed by atoms with Crippen LogP contribution in [0.5, 0.6) is 11.5 Å². The van der Waals surface area contributed by atoms with E-state index >= 15 is 0 Å². The molecule has 2 fully saturated rings. The average molecular weight is 541 g/mol. The summed E-state index contributed by atoms with van der Waals surface area (Å²) < 4.78 is 23.4. The van der Waals surface area contributed by atoms with E-state index in [-0.39, 0.29) is 30.8 Å². The maximum atomic E-state index is 10.3. The molecule has 2 unspecified atom stereocenters. The number of ether oxygens (including phenoxy) is 4. The molecule has 0 saturated heterocycles. The van der Waals surface area contributed by atoms with Crippen molar-refractivity contribution in [2.45, 2.75) is 108 Å². The van der Waals surface area contributed by atoms with E-state index in [1.165, 1.54) is 49.7 Å². The fraction of sp³-hybridized carbons (Fsp3) is 0.636. The SMILES string of the molecule is CC(C)(c1ccc(OCC(O)COC2CCCCC2)cc1)c1ccc(OCC(O)COC2CCCCC2)cc1. The fourth-order valence-corrected chi connectivity index (χ4v) is 5.54. The normalized spacial score (nSPS) is 19.0. The molecule has 2 aromatic carbocycles. The number of benzene rings is 2. The monoisotopic (exact) mass is 540 g/mol. The highest BCUT2D eigenvalue weighted by Gasteiger charge is 2.23. The molecule has 2 aromatic rings. The molecule has 2 aliphatic carbocycles. The van der Waals surface area contributed by atoms with Gasteiger partial charge >= 0.3 is 0 Å². The van der Waals surface area contributed by atoms with Crippen molar-refractivity contribution in [2.75, 3.05) is 26.4 Å². The third-order valence-electron chi connectivity index (χ3n) is 8.19. The highest BCUT2D eigenvalue weighted by Crippen LogP contribution is 2.33. The first-order valence-electron chi connectivity index (χ1n) is 15.0. The largest absolute Gasteiger partial charge is 0.491 e. The zero-order valence-electron chi connectivity index (χ0n) is 23.9. The van der Waals surface area contributed by atoms with Crippen molar-refractivity contribution in [3.63, 3.8) is 0 Å². The molecule has 0 amide bonds. The predicted octanol–water partition coefficient (Wildman–Crippen LogP) is 6.19. The summed E-state index contributed by atoms with van der Waals surface area (Å²) in [6, 6.07) is 16.1. The van der Waals surface area contributed by atoms with Crippen LogP contribution in [-0.2, 0) is 14.9 Å². The molecular weight excluding hydrogens is 492 g/mol. The smallest absolute Gasteiger partial charge is 0.119 e. The van der Waals surface area contributed by atoms with Crippen LogP contribution in [0.1, 0.15) is 89.2 Å². The summed E-state index contributed by atoms with van der Waals surface area (Å²) in [5.41, 5.74) is 2.12. The van der Waals surface area contributed by atoms with Gasteiger partial charge in [0, 0.05) is 5.41 Å². The fourth-order valence-electron chi connectivity index (χ4n) is 5.54. The van der Waals surface area contributed by atoms with Gasteiger partial charge in [-0.3, -0.25) is 0 Å². The molecule has 4 rings (SSSR count). The minimum absolute atomic E-state index is 0.211. The zero-order chi connectivity index (χ0) is 27.5. The van der Waals surface area contributed by atoms with E-state index in [0.29, 0.717) is 13.2 Å². The molecule has 0 aliphatic heterocycles. The molecule has 216 valence electrons. The Hall–Kier alpha value is -2.12. The van der Waals surface area contributed by atoms with E-state index < -0.39 is 12.2 Å². The maximum Gasteiger partial charge on any atom is 0.119 e. The van der Waals surface area contributed by atoms with Crippen molar-refractivity contribution in [2.24, 2.45) is 0 Å². The van der Waals surface area contributed by atoms with Crippen molar-refractivity contribution >= 4 is 0 Å². The molecule has 6 heteroatoms. The zero-order valence-corrected chi connectivity index (χ0v) is 23.9. The van der Waals surface area contributed by atoms with Gasteiger partial charge in [0.05, 0.1) is 25.4 Å². The first-order valence-corrected chi connectivity index (χ1v) is 15.0. The summed E-state index contributed by atoms with van der Waals surface area (Å²) in [7, 11) is 0. The third-order valence-corrected chi connectivity index (χ3v) is 8.19. The summed E-state index contributed by atoms with van der Waals surface area (Å²) in [6.07, 6.45) is 11.2. The van der Waals surface area contributed by atoms with Crippen molar-refractivity contribution in [1.29, 1.82) is 0 Å². The average Bonchev–Trinajstić information content (AvgIpc) is 2.98. The van der Waals surface area contributed by atoms with E-state index in [1.807, 2.05) is 24.3 Å². The summed E-state index contributed by atoms with van der Waals surface area (Å²) >= 11 is 0. The summed E-state index contributed by atoms with van der Waals surface area (Å²) in [5, 5.41) is 20.5. The molecular formula is C33H48O6. The standard InChI is InChI=1S/C33H48O6/c1-33(2,25-13-17-31(18-14-25)38-23-27(34)21-36-29-9-5-3-6-10-29)26-15-19-32(20-16-26)39-24-28(35)22-37-30-11-7-4-8-12-30/h13-20,27-30,34-35H,3-12,21-24H2,1-2H3. The molecule has 6 nitrogen and oxygen atoms in total. The quantitative estimate of drug-likeness (QED) is 0.298. The number of hydrogen-bond donors (Lipinski definition) is 2. The molecule has 0 aromatic heterocycles. The Balaban J connectivity index is 1.20. The van der Waals surface area contributed by atoms with Gasteiger partial charge in [-0.15, -0.1) is 0 Å². The van der Waals surface area contributed by atoms with Crippen molar-refractivity contribution < 1.29 is 29.2 Å². The highest BCUT2D eigenvalue weighted by atomic mass is 16.5. The van der Waals surface area contributed by atoms with Crippen LogP contribution < -0.4 is 9.47 Å². The predicted molar refractivity (Wildman–Crippen MR) is 154 cm³/mol. The van der Waals surface area contributed by atoms with Gasteiger partial charge in [0.25, 0.3) is 0 Å². The van der Waals surface area contributed by atoms with E-state index in [0.717, 1.165) is 37.2 Å². The lowest BCUT2D eigenvalue weighted by atomic mass is 9.78. The number of hydrogen-bond acceptors (Lipinski definition) is 6. The Labute approximate surface area is 234 Å². The van der Waals surface area contributed by atoms with Crippen LogP contribution in [0.15, 0.2) is 48.5 Å². The Morgan fingerprint density at radius 2 is 0.949 bits per heavy atom. The Bertz CT molecular complexity index is 868. The first-order chi connectivity index (χ1) is 18.9. The summed E-state index contributed by atoms with van der Waals surface area (Å²) in [4.78, 5) is 0. The molecule has 0 spiro atoms. The molecule has 39 heavy (non-hydrogen) atoms. The van der Waals surface area contributed by atoms with E-state index in [1.54, 1.807) is 0 Å². The van der Waals surface area contributed by atoms with Crippen LogP contribution in [0, 0.1) is 0 Å². The molecule has 2 aliphatic rings. The third kappa shape index (κ3) is 9.49. The van der Waals surface area contributed by atoms with Gasteiger partial charge in [0.2, 0.25) is 0 Å². The Kier molecular flexibility index (Phi) is 11.5. The van der Waals surface area contributed by atoms with Crippen LogP contribution >= 0.6 is 0 Å². The molecule has 2 saturated carbocycles. The topological polar surface area (TPSA) is 77.4 Å². The molecule has 2 atom stereocenters. The highest BCUT2D eigenvalue weighted by molar-refractivity contribution is 5.41. The molecule has 0 heterocycles. The van der Waals surface area contributed by atoms with Crippen molar-refractivity contribution in [1.82, 2.24) is 0 Å². The van der Waals surface area contributed by atoms with Crippen molar-refractivity contribution in [3.8, 4) is 11.5 Å². The number of aliphatic hydroxyl groups excluding tert-OH is 2. The lowest BCUT2D eigenvalue weighted by Crippen LogP contribution is -2.28. The molecule has 0 bridgehead atoms. The van der Waals surface area contributed by atoms with Gasteiger partial charge in [-0.25, -0.2) is 0 Å².